The van der Waals surface area contributed by atoms with Crippen molar-refractivity contribution in [2.45, 2.75) is 198 Å². The molecule has 21 heteroatoms. The summed E-state index contributed by atoms with van der Waals surface area (Å²) in [7, 11) is 1.70. The Bertz CT molecular complexity index is 2320. The van der Waals surface area contributed by atoms with Gasteiger partial charge in [-0.05, 0) is 96.5 Å². The zero-order valence-electron chi connectivity index (χ0n) is 44.8. The fraction of sp³-hybridized carbons (Fsp3) is 0.818. The number of Topliss-reactive ketones (excluding diaryl/α,β-unsaturated/α-hetero) is 1. The summed E-state index contributed by atoms with van der Waals surface area (Å²) in [6.45, 7) is 13.0. The molecule has 4 saturated carbocycles. The molecule has 12 N–H and O–H groups in total. The first-order chi connectivity index (χ1) is 35.6. The highest BCUT2D eigenvalue weighted by atomic mass is 16.7. The molecule has 5 aliphatic carbocycles. The van der Waals surface area contributed by atoms with Crippen LogP contribution in [-0.4, -0.2) is 206 Å². The highest BCUT2D eigenvalue weighted by molar-refractivity contribution is 5.99. The van der Waals surface area contributed by atoms with Gasteiger partial charge in [0.2, 0.25) is 0 Å². The first kappa shape index (κ1) is 57.9. The van der Waals surface area contributed by atoms with Crippen LogP contribution in [0.25, 0.3) is 0 Å². The van der Waals surface area contributed by atoms with E-state index in [-0.39, 0.29) is 41.3 Å². The fourth-order valence-corrected chi connectivity index (χ4v) is 16.0. The molecule has 0 radical (unpaired) electrons. The van der Waals surface area contributed by atoms with Gasteiger partial charge in [0.05, 0.1) is 49.6 Å². The Hall–Kier alpha value is -2.78. The number of rotatable bonds is 12. The second-order valence-electron chi connectivity index (χ2n) is 25.3. The number of hydrogen-bond acceptors (Lipinski definition) is 21. The lowest BCUT2D eigenvalue weighted by molar-refractivity contribution is -0.348. The van der Waals surface area contributed by atoms with Gasteiger partial charge in [0, 0.05) is 18.2 Å². The summed E-state index contributed by atoms with van der Waals surface area (Å²) in [5.74, 6) is -1.43. The molecule has 8 aliphatic rings. The Morgan fingerprint density at radius 2 is 1.33 bits per heavy atom. The monoisotopic (exact) mass is 1080 g/mol. The highest BCUT2D eigenvalue weighted by Gasteiger charge is 2.73. The first-order valence-corrected chi connectivity index (χ1v) is 27.1. The second-order valence-corrected chi connectivity index (χ2v) is 25.3. The Balaban J connectivity index is 0.883. The number of esters is 1. The van der Waals surface area contributed by atoms with Crippen molar-refractivity contribution in [1.29, 1.82) is 0 Å². The number of anilines is 1. The number of ether oxygens (including phenoxy) is 7. The number of benzene rings is 1. The van der Waals surface area contributed by atoms with Crippen LogP contribution in [0.1, 0.15) is 104 Å². The minimum Gasteiger partial charge on any atom is -0.450 e. The van der Waals surface area contributed by atoms with Crippen molar-refractivity contribution in [1.82, 2.24) is 0 Å². The average Bonchev–Trinajstić information content (AvgIpc) is 3.40. The van der Waals surface area contributed by atoms with Crippen molar-refractivity contribution >= 4 is 17.4 Å². The number of fused-ring (bicyclic) bond motifs is 7. The maximum atomic E-state index is 15.0. The standard InChI is InChI=1S/C55H83NO20/c1-50(2)19-27-26-13-14-33-52(5)17-16-35(75-49-43(67)40(64)38(62)31(74-49)23-72-48-42(66)39(63)37(61)30(73-48)22-71-47-41(65)36(60)29(58)21-70-47)51(3,4)32(52)15-18-53(33,6)54(26,7)20-34(59)55(27,24-57)44(68)45(50)76-46(69)25-11-9-10-12-28(25)56-8/h9-13,27,29-43,45,47-49,56-67H,14-24H2,1-8H3. The molecule has 0 bridgehead atoms. The minimum absolute atomic E-state index is 0.0858. The predicted octanol–water partition coefficient (Wildman–Crippen LogP) is 0.280. The lowest BCUT2D eigenvalue weighted by atomic mass is 9.33. The second kappa shape index (κ2) is 21.0. The van der Waals surface area contributed by atoms with Gasteiger partial charge in [0.1, 0.15) is 67.1 Å². The van der Waals surface area contributed by atoms with Gasteiger partial charge in [0.25, 0.3) is 0 Å². The fourth-order valence-electron chi connectivity index (χ4n) is 16.0. The number of hydrogen-bond donors (Lipinski definition) is 12. The molecule has 21 nitrogen and oxygen atoms in total. The molecule has 24 atom stereocenters. The Morgan fingerprint density at radius 1 is 0.724 bits per heavy atom. The van der Waals surface area contributed by atoms with Crippen LogP contribution >= 0.6 is 0 Å². The average molecular weight is 1080 g/mol. The molecule has 76 heavy (non-hydrogen) atoms. The number of carbonyl (C=O) groups excluding carboxylic acids is 2. The van der Waals surface area contributed by atoms with Gasteiger partial charge in [0.15, 0.2) is 30.8 Å². The van der Waals surface area contributed by atoms with E-state index >= 15 is 4.79 Å². The molecule has 3 saturated heterocycles. The summed E-state index contributed by atoms with van der Waals surface area (Å²) in [6.07, 6.45) is -18.6. The van der Waals surface area contributed by atoms with E-state index in [0.29, 0.717) is 24.9 Å². The van der Waals surface area contributed by atoms with E-state index in [1.54, 1.807) is 31.3 Å². The lowest BCUT2D eigenvalue weighted by Crippen LogP contribution is -2.71. The summed E-state index contributed by atoms with van der Waals surface area (Å²) >= 11 is 0. The van der Waals surface area contributed by atoms with Crippen molar-refractivity contribution in [2.24, 2.45) is 50.2 Å². The van der Waals surface area contributed by atoms with E-state index in [1.165, 1.54) is 0 Å². The molecule has 9 rings (SSSR count). The molecule has 1 aromatic rings. The first-order valence-electron chi connectivity index (χ1n) is 27.1. The van der Waals surface area contributed by atoms with E-state index in [0.717, 1.165) is 24.8 Å². The summed E-state index contributed by atoms with van der Waals surface area (Å²) in [5, 5.41) is 123. The third kappa shape index (κ3) is 9.12. The predicted molar refractivity (Wildman–Crippen MR) is 266 cm³/mol. The molecule has 7 fully saturated rings. The minimum atomic E-state index is -1.81. The van der Waals surface area contributed by atoms with Crippen molar-refractivity contribution in [3.8, 4) is 0 Å². The van der Waals surface area contributed by atoms with Gasteiger partial charge in [-0.1, -0.05) is 72.2 Å². The molecule has 0 amide bonds. The van der Waals surface area contributed by atoms with Gasteiger partial charge in [-0.15, -0.1) is 0 Å². The van der Waals surface area contributed by atoms with Gasteiger partial charge >= 0.3 is 5.97 Å². The van der Waals surface area contributed by atoms with Crippen LogP contribution in [0.5, 0.6) is 0 Å². The topological polar surface area (TPSA) is 333 Å². The van der Waals surface area contributed by atoms with Crippen molar-refractivity contribution in [3.63, 3.8) is 0 Å². The number of carbonyl (C=O) groups is 2. The van der Waals surface area contributed by atoms with Crippen LogP contribution in [0.2, 0.25) is 0 Å². The van der Waals surface area contributed by atoms with Crippen LogP contribution in [0.3, 0.4) is 0 Å². The SMILES string of the molecule is CNc1ccccc1C(=O)OC1C(=O)C2(CO)C(O)CC3(C)C(=CCC4C5(C)CCC(OC6OC(COC7OC(COC8OCC(O)C(O)C8O)C(O)C(O)C7O)C(O)C(O)C6O)C(C)(C)C5CCC43C)C2CC1(C)C. The van der Waals surface area contributed by atoms with Crippen LogP contribution < -0.4 is 5.32 Å². The van der Waals surface area contributed by atoms with E-state index in [4.69, 9.17) is 33.2 Å². The number of allylic oxidation sites excluding steroid dienone is 2. The lowest BCUT2D eigenvalue weighted by Gasteiger charge is -2.72. The molecule has 3 heterocycles. The highest BCUT2D eigenvalue weighted by Crippen LogP contribution is 2.75. The molecule has 0 aromatic heterocycles. The third-order valence-corrected chi connectivity index (χ3v) is 20.6. The van der Waals surface area contributed by atoms with Gasteiger partial charge in [-0.3, -0.25) is 4.79 Å². The zero-order chi connectivity index (χ0) is 55.4. The van der Waals surface area contributed by atoms with Crippen LogP contribution in [0.4, 0.5) is 5.69 Å². The number of ketones is 1. The van der Waals surface area contributed by atoms with Crippen molar-refractivity contribution in [2.75, 3.05) is 38.8 Å². The summed E-state index contributed by atoms with van der Waals surface area (Å²) < 4.78 is 41.2. The zero-order valence-corrected chi connectivity index (χ0v) is 44.8. The number of aliphatic hydroxyl groups is 11. The van der Waals surface area contributed by atoms with Crippen molar-refractivity contribution in [3.05, 3.63) is 41.5 Å². The largest absolute Gasteiger partial charge is 0.450 e. The summed E-state index contributed by atoms with van der Waals surface area (Å²) in [4.78, 5) is 28.8. The molecule has 1 aromatic carbocycles. The smallest absolute Gasteiger partial charge is 0.340 e. The molecule has 3 aliphatic heterocycles. The number of nitrogens with one attached hydrogen (secondary N) is 1. The van der Waals surface area contributed by atoms with E-state index in [9.17, 15) is 61.0 Å². The molecule has 24 unspecified atom stereocenters. The van der Waals surface area contributed by atoms with Gasteiger partial charge < -0.3 is 94.6 Å². The van der Waals surface area contributed by atoms with E-state index in [1.807, 2.05) is 13.8 Å². The number of para-hydroxylation sites is 1. The molecule has 428 valence electrons. The molecular formula is C55H83NO20. The Morgan fingerprint density at radius 3 is 1.97 bits per heavy atom. The molecule has 0 spiro atoms. The number of aliphatic hydroxyl groups excluding tert-OH is 11. The van der Waals surface area contributed by atoms with Crippen LogP contribution in [0, 0.1) is 50.2 Å². The maximum Gasteiger partial charge on any atom is 0.340 e. The van der Waals surface area contributed by atoms with Gasteiger partial charge in [-0.2, -0.15) is 0 Å². The van der Waals surface area contributed by atoms with E-state index < -0.39 is 163 Å². The normalized spacial score (nSPS) is 48.8. The van der Waals surface area contributed by atoms with E-state index in [2.05, 4.69) is 46.0 Å². The quantitative estimate of drug-likeness (QED) is 0.0760. The Labute approximate surface area is 443 Å². The molecular weight excluding hydrogens is 995 g/mol. The third-order valence-electron chi connectivity index (χ3n) is 20.6. The van der Waals surface area contributed by atoms with Crippen LogP contribution in [-0.2, 0) is 38.0 Å². The maximum absolute atomic E-state index is 15.0. The Kier molecular flexibility index (Phi) is 16.0. The summed E-state index contributed by atoms with van der Waals surface area (Å²) in [5.41, 5.74) is -2.24. The van der Waals surface area contributed by atoms with Gasteiger partial charge in [-0.25, -0.2) is 4.79 Å². The van der Waals surface area contributed by atoms with Crippen LogP contribution in [0.15, 0.2) is 35.9 Å². The summed E-state index contributed by atoms with van der Waals surface area (Å²) in [6, 6.07) is 6.89. The van der Waals surface area contributed by atoms with Crippen molar-refractivity contribution < 1.29 is 98.9 Å².